The molecule has 1 aromatic carbocycles. The maximum absolute atomic E-state index is 13.0. The molecular weight excluding hydrogens is 456 g/mol. The summed E-state index contributed by atoms with van der Waals surface area (Å²) in [5.41, 5.74) is 2.90. The Morgan fingerprint density at radius 1 is 1.36 bits per heavy atom. The highest BCUT2D eigenvalue weighted by Crippen LogP contribution is 2.41. The van der Waals surface area contributed by atoms with Gasteiger partial charge in [-0.05, 0) is 49.9 Å². The van der Waals surface area contributed by atoms with Crippen molar-refractivity contribution in [2.75, 3.05) is 18.4 Å². The lowest BCUT2D eigenvalue weighted by molar-refractivity contribution is -0.135. The fraction of sp³-hybridized carbons (Fsp3) is 0.348. The monoisotopic (exact) mass is 478 g/mol. The number of aryl methyl sites for hydroxylation is 1. The number of hydrogen-bond donors (Lipinski definition) is 2. The van der Waals surface area contributed by atoms with E-state index in [9.17, 15) is 9.59 Å². The first-order valence-corrected chi connectivity index (χ1v) is 12.5. The number of fused-ring (bicyclic) bond motifs is 4. The second-order valence-corrected chi connectivity index (χ2v) is 10.1. The second-order valence-electron chi connectivity index (χ2n) is 8.02. The van der Waals surface area contributed by atoms with Crippen LogP contribution in [0.4, 0.5) is 11.5 Å². The molecule has 8 nitrogen and oxygen atoms in total. The SMILES string of the molecule is CCN(CCC#N)C(=O)[C@@H]1CCc2c(sc3ncnc(Nc4ccc5[nH]c(=O)sc5c4)c23)C1. The molecular formula is C23H22N6O2S2. The molecule has 2 N–H and O–H groups in total. The quantitative estimate of drug-likeness (QED) is 0.429. The topological polar surface area (TPSA) is 115 Å². The van der Waals surface area contributed by atoms with Gasteiger partial charge in [0.2, 0.25) is 5.91 Å². The number of H-pyrrole nitrogens is 1. The van der Waals surface area contributed by atoms with E-state index in [4.69, 9.17) is 5.26 Å². The van der Waals surface area contributed by atoms with Crippen LogP contribution >= 0.6 is 22.7 Å². The van der Waals surface area contributed by atoms with Crippen LogP contribution in [0.1, 0.15) is 30.2 Å². The van der Waals surface area contributed by atoms with Crippen LogP contribution in [0.2, 0.25) is 0 Å². The molecule has 10 heteroatoms. The molecule has 0 saturated carbocycles. The highest BCUT2D eigenvalue weighted by molar-refractivity contribution is 7.19. The van der Waals surface area contributed by atoms with Crippen molar-refractivity contribution in [3.05, 3.63) is 44.6 Å². The molecule has 33 heavy (non-hydrogen) atoms. The minimum atomic E-state index is -0.0724. The van der Waals surface area contributed by atoms with Crippen molar-refractivity contribution in [2.24, 2.45) is 5.92 Å². The highest BCUT2D eigenvalue weighted by atomic mass is 32.1. The van der Waals surface area contributed by atoms with Crippen molar-refractivity contribution in [1.29, 1.82) is 5.26 Å². The molecule has 1 aliphatic rings. The summed E-state index contributed by atoms with van der Waals surface area (Å²) < 4.78 is 0.890. The molecule has 0 radical (unpaired) electrons. The zero-order valence-electron chi connectivity index (χ0n) is 18.1. The first-order chi connectivity index (χ1) is 16.1. The van der Waals surface area contributed by atoms with E-state index in [-0.39, 0.29) is 16.7 Å². The smallest absolute Gasteiger partial charge is 0.305 e. The van der Waals surface area contributed by atoms with E-state index in [1.807, 2.05) is 25.1 Å². The number of nitriles is 1. The summed E-state index contributed by atoms with van der Waals surface area (Å²) in [5, 5.41) is 13.3. The number of carbonyl (C=O) groups excluding carboxylic acids is 1. The molecule has 168 valence electrons. The van der Waals surface area contributed by atoms with Crippen molar-refractivity contribution in [3.8, 4) is 6.07 Å². The lowest BCUT2D eigenvalue weighted by Gasteiger charge is -2.28. The molecule has 0 unspecified atom stereocenters. The van der Waals surface area contributed by atoms with E-state index in [0.29, 0.717) is 25.9 Å². The number of hydrogen-bond acceptors (Lipinski definition) is 8. The van der Waals surface area contributed by atoms with E-state index in [1.54, 1.807) is 22.6 Å². The average molecular weight is 479 g/mol. The lowest BCUT2D eigenvalue weighted by atomic mass is 9.86. The highest BCUT2D eigenvalue weighted by Gasteiger charge is 2.31. The van der Waals surface area contributed by atoms with E-state index in [1.165, 1.54) is 21.8 Å². The van der Waals surface area contributed by atoms with Gasteiger partial charge in [0.25, 0.3) is 0 Å². The van der Waals surface area contributed by atoms with Gasteiger partial charge in [-0.25, -0.2) is 9.97 Å². The molecule has 1 amide bonds. The zero-order chi connectivity index (χ0) is 22.9. The summed E-state index contributed by atoms with van der Waals surface area (Å²) in [6, 6.07) is 7.89. The van der Waals surface area contributed by atoms with Crippen LogP contribution < -0.4 is 10.2 Å². The summed E-state index contributed by atoms with van der Waals surface area (Å²) >= 11 is 2.81. The number of nitrogens with one attached hydrogen (secondary N) is 2. The molecule has 0 saturated heterocycles. The largest absolute Gasteiger partial charge is 0.342 e. The van der Waals surface area contributed by atoms with Gasteiger partial charge in [0, 0.05) is 29.6 Å². The van der Waals surface area contributed by atoms with Crippen LogP contribution in [0.15, 0.2) is 29.3 Å². The summed E-state index contributed by atoms with van der Waals surface area (Å²) in [6.07, 6.45) is 4.18. The molecule has 1 atom stereocenters. The number of nitrogens with zero attached hydrogens (tertiary/aromatic N) is 4. The summed E-state index contributed by atoms with van der Waals surface area (Å²) in [7, 11) is 0. The number of thiophene rings is 1. The summed E-state index contributed by atoms with van der Waals surface area (Å²) in [6.45, 7) is 3.07. The predicted octanol–water partition coefficient (Wildman–Crippen LogP) is 4.20. The van der Waals surface area contributed by atoms with E-state index >= 15 is 0 Å². The number of aromatic amines is 1. The van der Waals surface area contributed by atoms with Crippen LogP contribution in [0.5, 0.6) is 0 Å². The molecule has 4 aromatic rings. The van der Waals surface area contributed by atoms with Gasteiger partial charge >= 0.3 is 4.87 Å². The normalized spacial score (nSPS) is 15.3. The standard InChI is InChI=1S/C23H22N6O2S2/c1-2-29(9-3-8-24)22(30)13-4-6-15-17(10-13)32-21-19(15)20(25-12-26-21)27-14-5-7-16-18(11-14)33-23(31)28-16/h5,7,11-13H,2-4,6,9-10H2,1H3,(H,28,31)(H,25,26,27)/t13-/m1/s1. The Balaban J connectivity index is 1.43. The minimum absolute atomic E-state index is 0.0626. The fourth-order valence-electron chi connectivity index (χ4n) is 4.44. The van der Waals surface area contributed by atoms with Crippen molar-refractivity contribution in [1.82, 2.24) is 19.9 Å². The molecule has 1 aliphatic carbocycles. The maximum atomic E-state index is 13.0. The first-order valence-electron chi connectivity index (χ1n) is 10.9. The number of aromatic nitrogens is 3. The van der Waals surface area contributed by atoms with Crippen LogP contribution in [0, 0.1) is 17.2 Å². The van der Waals surface area contributed by atoms with Gasteiger partial charge in [-0.1, -0.05) is 11.3 Å². The Bertz CT molecular complexity index is 1450. The van der Waals surface area contributed by atoms with Gasteiger partial charge in [-0.2, -0.15) is 5.26 Å². The molecule has 3 heterocycles. The lowest BCUT2D eigenvalue weighted by Crippen LogP contribution is -2.38. The third-order valence-electron chi connectivity index (χ3n) is 6.07. The summed E-state index contributed by atoms with van der Waals surface area (Å²) in [4.78, 5) is 40.3. The van der Waals surface area contributed by atoms with Crippen LogP contribution in [0.25, 0.3) is 20.4 Å². The Hall–Kier alpha value is -3.29. The first kappa shape index (κ1) is 21.6. The van der Waals surface area contributed by atoms with Crippen molar-refractivity contribution < 1.29 is 4.79 Å². The number of amides is 1. The third kappa shape index (κ3) is 4.10. The minimum Gasteiger partial charge on any atom is -0.342 e. The number of anilines is 2. The van der Waals surface area contributed by atoms with Crippen molar-refractivity contribution >= 4 is 60.5 Å². The Morgan fingerprint density at radius 3 is 3.06 bits per heavy atom. The van der Waals surface area contributed by atoms with E-state index < -0.39 is 0 Å². The van der Waals surface area contributed by atoms with Crippen LogP contribution in [-0.2, 0) is 17.6 Å². The molecule has 0 spiro atoms. The zero-order valence-corrected chi connectivity index (χ0v) is 19.7. The van der Waals surface area contributed by atoms with Gasteiger partial charge in [0.15, 0.2) is 0 Å². The second kappa shape index (κ2) is 8.92. The van der Waals surface area contributed by atoms with Gasteiger partial charge in [0.1, 0.15) is 17.0 Å². The Labute approximate surface area is 197 Å². The maximum Gasteiger partial charge on any atom is 0.305 e. The molecule has 0 fully saturated rings. The third-order valence-corrected chi connectivity index (χ3v) is 8.07. The predicted molar refractivity (Wildman–Crippen MR) is 131 cm³/mol. The fourth-order valence-corrected chi connectivity index (χ4v) is 6.49. The van der Waals surface area contributed by atoms with Gasteiger partial charge < -0.3 is 15.2 Å². The van der Waals surface area contributed by atoms with Crippen molar-refractivity contribution in [2.45, 2.75) is 32.6 Å². The molecule has 0 bridgehead atoms. The van der Waals surface area contributed by atoms with Gasteiger partial charge in [0.05, 0.1) is 28.1 Å². The van der Waals surface area contributed by atoms with Crippen molar-refractivity contribution in [3.63, 3.8) is 0 Å². The van der Waals surface area contributed by atoms with Crippen LogP contribution in [0.3, 0.4) is 0 Å². The molecule has 3 aromatic heterocycles. The Morgan fingerprint density at radius 2 is 2.24 bits per heavy atom. The van der Waals surface area contributed by atoms with E-state index in [0.717, 1.165) is 44.8 Å². The Kier molecular flexibility index (Phi) is 5.83. The van der Waals surface area contributed by atoms with Crippen LogP contribution in [-0.4, -0.2) is 38.8 Å². The van der Waals surface area contributed by atoms with Gasteiger partial charge in [-0.15, -0.1) is 11.3 Å². The summed E-state index contributed by atoms with van der Waals surface area (Å²) in [5.74, 6) is 0.820. The van der Waals surface area contributed by atoms with Gasteiger partial charge in [-0.3, -0.25) is 9.59 Å². The molecule has 0 aliphatic heterocycles. The molecule has 5 rings (SSSR count). The number of thiazole rings is 1. The number of rotatable bonds is 6. The average Bonchev–Trinajstić information content (AvgIpc) is 3.38. The number of benzene rings is 1. The van der Waals surface area contributed by atoms with E-state index in [2.05, 4.69) is 26.3 Å². The number of carbonyl (C=O) groups is 1.